The largest absolute Gasteiger partial charge is 0.497 e. The summed E-state index contributed by atoms with van der Waals surface area (Å²) in [7, 11) is 1.70. The minimum Gasteiger partial charge on any atom is -0.497 e. The van der Waals surface area contributed by atoms with E-state index < -0.39 is 5.72 Å². The molecule has 1 fully saturated rings. The van der Waals surface area contributed by atoms with Crippen LogP contribution in [-0.2, 0) is 10.6 Å². The Bertz CT molecular complexity index is 1120. The number of oxime groups is 1. The summed E-state index contributed by atoms with van der Waals surface area (Å²) in [5.41, 5.74) is 5.52. The summed E-state index contributed by atoms with van der Waals surface area (Å²) >= 11 is 0. The summed E-state index contributed by atoms with van der Waals surface area (Å²) in [6, 6.07) is 27.9. The van der Waals surface area contributed by atoms with Crippen LogP contribution in [0.3, 0.4) is 0 Å². The van der Waals surface area contributed by atoms with E-state index >= 15 is 0 Å². The average molecular weight is 411 g/mol. The van der Waals surface area contributed by atoms with Gasteiger partial charge in [0.25, 0.3) is 0 Å². The normalized spacial score (nSPS) is 26.8. The molecule has 1 saturated heterocycles. The van der Waals surface area contributed by atoms with Gasteiger partial charge in [-0.05, 0) is 48.2 Å². The standard InChI is InChI=1S/C27H26N2O2/c1-30-21-15-13-20(14-16-21)26-25-24(19-9-3-2-4-10-19)22-11-5-6-12-23(22)27(25,31-28-26)29-17-7-8-18-29/h2-6,9-16,24-25H,7-8,17-18H2,1H3/t24-,25-,27-/m0/s1. The number of hydrogen-bond acceptors (Lipinski definition) is 4. The first kappa shape index (κ1) is 18.6. The lowest BCUT2D eigenvalue weighted by Crippen LogP contribution is -2.49. The van der Waals surface area contributed by atoms with E-state index in [2.05, 4.69) is 71.6 Å². The van der Waals surface area contributed by atoms with Gasteiger partial charge in [-0.3, -0.25) is 4.90 Å². The lowest BCUT2D eigenvalue weighted by Gasteiger charge is -2.38. The number of hydrogen-bond donors (Lipinski definition) is 0. The molecule has 3 atom stereocenters. The summed E-state index contributed by atoms with van der Waals surface area (Å²) in [6.45, 7) is 2.08. The van der Waals surface area contributed by atoms with Gasteiger partial charge in [0, 0.05) is 30.1 Å². The fourth-order valence-electron chi connectivity index (χ4n) is 5.79. The Kier molecular flexibility index (Phi) is 4.35. The van der Waals surface area contributed by atoms with Crippen molar-refractivity contribution in [3.63, 3.8) is 0 Å². The van der Waals surface area contributed by atoms with Crippen molar-refractivity contribution in [2.24, 2.45) is 11.1 Å². The van der Waals surface area contributed by atoms with Crippen LogP contribution in [0.25, 0.3) is 0 Å². The average Bonchev–Trinajstić information content (AvgIpc) is 3.55. The lowest BCUT2D eigenvalue weighted by atomic mass is 9.78. The molecule has 0 saturated carbocycles. The van der Waals surface area contributed by atoms with Crippen molar-refractivity contribution in [1.29, 1.82) is 0 Å². The molecule has 3 aliphatic rings. The molecule has 3 aromatic rings. The fourth-order valence-corrected chi connectivity index (χ4v) is 5.79. The van der Waals surface area contributed by atoms with Crippen molar-refractivity contribution in [3.8, 4) is 5.75 Å². The molecule has 4 heteroatoms. The van der Waals surface area contributed by atoms with E-state index in [1.807, 2.05) is 12.1 Å². The number of methoxy groups -OCH3 is 1. The van der Waals surface area contributed by atoms with Crippen molar-refractivity contribution < 1.29 is 9.57 Å². The summed E-state index contributed by atoms with van der Waals surface area (Å²) in [4.78, 5) is 9.06. The predicted molar refractivity (Wildman–Crippen MR) is 121 cm³/mol. The van der Waals surface area contributed by atoms with Crippen molar-refractivity contribution in [2.75, 3.05) is 20.2 Å². The van der Waals surface area contributed by atoms with Crippen molar-refractivity contribution in [3.05, 3.63) is 101 Å². The molecular weight excluding hydrogens is 384 g/mol. The summed E-state index contributed by atoms with van der Waals surface area (Å²) in [5, 5.41) is 4.77. The fraction of sp³-hybridized carbons (Fsp3) is 0.296. The quantitative estimate of drug-likeness (QED) is 0.597. The summed E-state index contributed by atoms with van der Waals surface area (Å²) in [5.74, 6) is 1.14. The Hall–Kier alpha value is -3.11. The van der Waals surface area contributed by atoms with Crippen LogP contribution >= 0.6 is 0 Å². The highest BCUT2D eigenvalue weighted by atomic mass is 16.7. The molecule has 0 N–H and O–H groups in total. The molecule has 4 nitrogen and oxygen atoms in total. The molecule has 0 radical (unpaired) electrons. The molecule has 31 heavy (non-hydrogen) atoms. The van der Waals surface area contributed by atoms with Gasteiger partial charge in [0.05, 0.1) is 18.7 Å². The molecule has 0 bridgehead atoms. The topological polar surface area (TPSA) is 34.1 Å². The highest BCUT2D eigenvalue weighted by Crippen LogP contribution is 2.59. The van der Waals surface area contributed by atoms with Crippen molar-refractivity contribution in [1.82, 2.24) is 4.90 Å². The van der Waals surface area contributed by atoms with E-state index in [1.165, 1.54) is 29.5 Å². The first-order valence-corrected chi connectivity index (χ1v) is 11.1. The third-order valence-corrected chi connectivity index (χ3v) is 7.13. The Morgan fingerprint density at radius 3 is 2.35 bits per heavy atom. The van der Waals surface area contributed by atoms with E-state index in [0.29, 0.717) is 0 Å². The van der Waals surface area contributed by atoms with Gasteiger partial charge in [0.2, 0.25) is 5.72 Å². The third kappa shape index (κ3) is 2.68. The van der Waals surface area contributed by atoms with Gasteiger partial charge in [-0.15, -0.1) is 0 Å². The minimum absolute atomic E-state index is 0.0961. The van der Waals surface area contributed by atoms with Crippen LogP contribution in [0.2, 0.25) is 0 Å². The van der Waals surface area contributed by atoms with Gasteiger partial charge >= 0.3 is 0 Å². The number of nitrogens with zero attached hydrogens (tertiary/aromatic N) is 2. The molecule has 0 spiro atoms. The number of likely N-dealkylation sites (tertiary alicyclic amines) is 1. The van der Waals surface area contributed by atoms with E-state index in [0.717, 1.165) is 30.1 Å². The molecule has 6 rings (SSSR count). The van der Waals surface area contributed by atoms with Gasteiger partial charge in [-0.2, -0.15) is 0 Å². The van der Waals surface area contributed by atoms with Crippen LogP contribution in [0, 0.1) is 5.92 Å². The molecule has 2 heterocycles. The van der Waals surface area contributed by atoms with Crippen LogP contribution in [0.1, 0.15) is 41.0 Å². The zero-order valence-electron chi connectivity index (χ0n) is 17.7. The summed E-state index contributed by atoms with van der Waals surface area (Å²) < 4.78 is 5.38. The van der Waals surface area contributed by atoms with E-state index in [1.54, 1.807) is 7.11 Å². The van der Waals surface area contributed by atoms with Crippen molar-refractivity contribution in [2.45, 2.75) is 24.5 Å². The van der Waals surface area contributed by atoms with Crippen LogP contribution in [0.15, 0.2) is 84.0 Å². The molecule has 1 aliphatic carbocycles. The first-order chi connectivity index (χ1) is 15.3. The highest BCUT2D eigenvalue weighted by molar-refractivity contribution is 6.05. The van der Waals surface area contributed by atoms with Gasteiger partial charge < -0.3 is 9.57 Å². The maximum atomic E-state index is 6.53. The lowest BCUT2D eigenvalue weighted by molar-refractivity contribution is -0.155. The van der Waals surface area contributed by atoms with Crippen LogP contribution in [-0.4, -0.2) is 30.8 Å². The number of benzene rings is 3. The van der Waals surface area contributed by atoms with Gasteiger partial charge in [-0.25, -0.2) is 0 Å². The Labute approximate surface area is 183 Å². The van der Waals surface area contributed by atoms with Crippen LogP contribution < -0.4 is 4.74 Å². The number of rotatable bonds is 4. The number of fused-ring (bicyclic) bond motifs is 3. The molecular formula is C27H26N2O2. The molecule has 156 valence electrons. The Morgan fingerprint density at radius 1 is 0.903 bits per heavy atom. The van der Waals surface area contributed by atoms with E-state index in [-0.39, 0.29) is 11.8 Å². The minimum atomic E-state index is -0.539. The molecule has 2 aliphatic heterocycles. The van der Waals surface area contributed by atoms with Crippen LogP contribution in [0.4, 0.5) is 0 Å². The maximum absolute atomic E-state index is 6.53. The number of ether oxygens (including phenoxy) is 1. The highest BCUT2D eigenvalue weighted by Gasteiger charge is 2.63. The SMILES string of the molecule is COc1ccc(C2=NO[C@@]3(N4CCCC4)c4ccccc4[C@H](c4ccccc4)[C@@H]23)cc1. The second-order valence-corrected chi connectivity index (χ2v) is 8.64. The monoisotopic (exact) mass is 410 g/mol. The molecule has 3 aromatic carbocycles. The third-order valence-electron chi connectivity index (χ3n) is 7.13. The van der Waals surface area contributed by atoms with Crippen molar-refractivity contribution >= 4 is 5.71 Å². The smallest absolute Gasteiger partial charge is 0.226 e. The van der Waals surface area contributed by atoms with Gasteiger partial charge in [0.15, 0.2) is 0 Å². The Balaban J connectivity index is 1.55. The second kappa shape index (κ2) is 7.24. The van der Waals surface area contributed by atoms with E-state index in [9.17, 15) is 0 Å². The van der Waals surface area contributed by atoms with Gasteiger partial charge in [0.1, 0.15) is 5.75 Å². The summed E-state index contributed by atoms with van der Waals surface area (Å²) in [6.07, 6.45) is 2.40. The second-order valence-electron chi connectivity index (χ2n) is 8.64. The molecule has 0 amide bonds. The van der Waals surface area contributed by atoms with Crippen LogP contribution in [0.5, 0.6) is 5.75 Å². The molecule has 0 unspecified atom stereocenters. The predicted octanol–water partition coefficient (Wildman–Crippen LogP) is 5.14. The Morgan fingerprint density at radius 2 is 1.61 bits per heavy atom. The first-order valence-electron chi connectivity index (χ1n) is 11.1. The maximum Gasteiger partial charge on any atom is 0.226 e. The molecule has 0 aromatic heterocycles. The zero-order valence-corrected chi connectivity index (χ0v) is 17.7. The van der Waals surface area contributed by atoms with E-state index in [4.69, 9.17) is 14.7 Å². The zero-order chi connectivity index (χ0) is 20.8. The van der Waals surface area contributed by atoms with Gasteiger partial charge in [-0.1, -0.05) is 59.8 Å².